The number of H-pyrrole nitrogens is 1. The second-order valence-corrected chi connectivity index (χ2v) is 20.0. The summed E-state index contributed by atoms with van der Waals surface area (Å²) in [5.74, 6) is -2.17. The molecule has 3 aromatic heterocycles. The average Bonchev–Trinajstić information content (AvgIpc) is 3.85. The number of fused-ring (bicyclic) bond motifs is 2. The molecular formula is C32H32Br2ClN3O8S4. The number of halogens is 3. The average molecular weight is 910 g/mol. The van der Waals surface area contributed by atoms with Crippen LogP contribution in [0.3, 0.4) is 0 Å². The number of rotatable bonds is 10. The lowest BCUT2D eigenvalue weighted by atomic mass is 10.0. The fraction of sp³-hybridized carbons (Fsp3) is 0.188. The largest absolute Gasteiger partial charge is 0.480 e. The number of allylic oxidation sites excluding steroid dienone is 1. The molecule has 0 aliphatic heterocycles. The van der Waals surface area contributed by atoms with E-state index >= 15 is 0 Å². The topological polar surface area (TPSA) is 197 Å². The van der Waals surface area contributed by atoms with Gasteiger partial charge in [0.2, 0.25) is 0 Å². The van der Waals surface area contributed by atoms with Crippen LogP contribution >= 0.6 is 65.2 Å². The SMILES string of the molecule is C.N[C@H](CC1=CCc2ccccc21)C(=O)O.O=C(O)[C@@H](Cc1c[nH]c2ccccc12)NS(=O)(=O)c1ccc(Br)s1.O=S(=O)(Cl)c1ccc(Br)s1. The first-order valence-electron chi connectivity index (χ1n) is 14.1. The number of carboxylic acids is 2. The van der Waals surface area contributed by atoms with Crippen molar-refractivity contribution in [2.24, 2.45) is 5.73 Å². The highest BCUT2D eigenvalue weighted by molar-refractivity contribution is 9.11. The molecule has 50 heavy (non-hydrogen) atoms. The van der Waals surface area contributed by atoms with E-state index in [-0.39, 0.29) is 22.3 Å². The first kappa shape index (κ1) is 41.5. The van der Waals surface area contributed by atoms with Gasteiger partial charge in [-0.05, 0) is 97.3 Å². The molecule has 0 radical (unpaired) electrons. The Bertz CT molecular complexity index is 2220. The van der Waals surface area contributed by atoms with E-state index in [9.17, 15) is 31.5 Å². The Kier molecular flexibility index (Phi) is 15.0. The van der Waals surface area contributed by atoms with Crippen molar-refractivity contribution in [3.05, 3.63) is 109 Å². The van der Waals surface area contributed by atoms with Gasteiger partial charge in [0.25, 0.3) is 19.1 Å². The number of aliphatic carboxylic acids is 2. The van der Waals surface area contributed by atoms with Crippen LogP contribution in [0.5, 0.6) is 0 Å². The summed E-state index contributed by atoms with van der Waals surface area (Å²) in [6.07, 6.45) is 5.11. The summed E-state index contributed by atoms with van der Waals surface area (Å²) < 4.78 is 49.8. The fourth-order valence-electron chi connectivity index (χ4n) is 4.69. The number of thiophene rings is 2. The molecule has 2 aromatic carbocycles. The Morgan fingerprint density at radius 3 is 2.04 bits per heavy atom. The first-order valence-corrected chi connectivity index (χ1v) is 21.1. The van der Waals surface area contributed by atoms with Crippen LogP contribution in [0.4, 0.5) is 0 Å². The van der Waals surface area contributed by atoms with Gasteiger partial charge in [-0.1, -0.05) is 56.0 Å². The summed E-state index contributed by atoms with van der Waals surface area (Å²) in [5, 5.41) is 19.0. The van der Waals surface area contributed by atoms with Crippen molar-refractivity contribution >= 4 is 113 Å². The number of nitrogens with two attached hydrogens (primary N) is 1. The Hall–Kier alpha value is -2.87. The van der Waals surface area contributed by atoms with E-state index in [0.717, 1.165) is 60.5 Å². The lowest BCUT2D eigenvalue weighted by molar-refractivity contribution is -0.139. The van der Waals surface area contributed by atoms with E-state index in [1.807, 2.05) is 42.5 Å². The normalized spacial score (nSPS) is 13.4. The molecule has 6 N–H and O–H groups in total. The van der Waals surface area contributed by atoms with E-state index in [0.29, 0.717) is 10.2 Å². The minimum Gasteiger partial charge on any atom is -0.480 e. The van der Waals surface area contributed by atoms with Crippen molar-refractivity contribution in [1.29, 1.82) is 0 Å². The molecule has 0 fully saturated rings. The summed E-state index contributed by atoms with van der Waals surface area (Å²) in [4.78, 5) is 25.2. The van der Waals surface area contributed by atoms with Gasteiger partial charge in [-0.15, -0.1) is 22.7 Å². The molecule has 0 saturated carbocycles. The van der Waals surface area contributed by atoms with Crippen molar-refractivity contribution in [3.63, 3.8) is 0 Å². The van der Waals surface area contributed by atoms with E-state index in [1.54, 1.807) is 18.3 Å². The van der Waals surface area contributed by atoms with Gasteiger partial charge in [0.1, 0.15) is 20.5 Å². The molecule has 5 aromatic rings. The highest BCUT2D eigenvalue weighted by Crippen LogP contribution is 2.31. The van der Waals surface area contributed by atoms with Crippen molar-refractivity contribution in [1.82, 2.24) is 9.71 Å². The van der Waals surface area contributed by atoms with Crippen molar-refractivity contribution in [2.45, 2.75) is 47.2 Å². The van der Waals surface area contributed by atoms with Gasteiger partial charge in [-0.2, -0.15) is 4.72 Å². The smallest absolute Gasteiger partial charge is 0.322 e. The monoisotopic (exact) mass is 907 g/mol. The zero-order chi connectivity index (χ0) is 35.9. The van der Waals surface area contributed by atoms with Gasteiger partial charge in [0.15, 0.2) is 0 Å². The molecule has 268 valence electrons. The molecule has 2 atom stereocenters. The van der Waals surface area contributed by atoms with E-state index in [1.165, 1.54) is 17.7 Å². The molecule has 0 amide bonds. The van der Waals surface area contributed by atoms with Crippen LogP contribution < -0.4 is 10.5 Å². The van der Waals surface area contributed by atoms with Gasteiger partial charge in [0.05, 0.1) is 7.57 Å². The summed E-state index contributed by atoms with van der Waals surface area (Å²) in [7, 11) is -2.38. The third-order valence-corrected chi connectivity index (χ3v) is 14.3. The maximum absolute atomic E-state index is 12.4. The van der Waals surface area contributed by atoms with Crippen LogP contribution in [-0.2, 0) is 41.5 Å². The van der Waals surface area contributed by atoms with Crippen LogP contribution in [0, 0.1) is 0 Å². The summed E-state index contributed by atoms with van der Waals surface area (Å²) in [5.41, 5.74) is 10.6. The number of benzene rings is 2. The number of hydrogen-bond donors (Lipinski definition) is 5. The lowest BCUT2D eigenvalue weighted by Gasteiger charge is -2.13. The van der Waals surface area contributed by atoms with Crippen molar-refractivity contribution in [3.8, 4) is 0 Å². The lowest BCUT2D eigenvalue weighted by Crippen LogP contribution is -2.41. The number of sulfonamides is 1. The summed E-state index contributed by atoms with van der Waals surface area (Å²) in [6, 6.07) is 19.6. The molecule has 0 spiro atoms. The number of carboxylic acid groups (broad SMARTS) is 2. The van der Waals surface area contributed by atoms with Crippen LogP contribution in [0.1, 0.15) is 30.5 Å². The van der Waals surface area contributed by atoms with Gasteiger partial charge in [0, 0.05) is 34.2 Å². The molecule has 18 heteroatoms. The predicted octanol–water partition coefficient (Wildman–Crippen LogP) is 7.47. The highest BCUT2D eigenvalue weighted by Gasteiger charge is 2.27. The molecule has 1 aliphatic rings. The molecule has 6 rings (SSSR count). The zero-order valence-electron chi connectivity index (χ0n) is 25.0. The number of aromatic nitrogens is 1. The van der Waals surface area contributed by atoms with Gasteiger partial charge in [-0.3, -0.25) is 9.59 Å². The van der Waals surface area contributed by atoms with Crippen LogP contribution in [-0.4, -0.2) is 56.1 Å². The van der Waals surface area contributed by atoms with E-state index < -0.39 is 43.1 Å². The zero-order valence-corrected chi connectivity index (χ0v) is 32.2. The summed E-state index contributed by atoms with van der Waals surface area (Å²) in [6.45, 7) is 0. The molecule has 1 aliphatic carbocycles. The van der Waals surface area contributed by atoms with Gasteiger partial charge >= 0.3 is 11.9 Å². The molecule has 0 unspecified atom stereocenters. The van der Waals surface area contributed by atoms with Crippen molar-refractivity contribution < 1.29 is 36.6 Å². The van der Waals surface area contributed by atoms with Gasteiger partial charge < -0.3 is 20.9 Å². The van der Waals surface area contributed by atoms with Crippen LogP contribution in [0.25, 0.3) is 16.5 Å². The minimum absolute atomic E-state index is 0. The maximum atomic E-state index is 12.4. The fourth-order valence-corrected chi connectivity index (χ4v) is 10.7. The van der Waals surface area contributed by atoms with Crippen molar-refractivity contribution in [2.75, 3.05) is 0 Å². The Balaban J connectivity index is 0.000000222. The molecule has 0 saturated heterocycles. The number of aromatic amines is 1. The second-order valence-electron chi connectivity index (χ2n) is 10.4. The Labute approximate surface area is 318 Å². The number of para-hydroxylation sites is 1. The third kappa shape index (κ3) is 11.3. The summed E-state index contributed by atoms with van der Waals surface area (Å²) >= 11 is 8.44. The van der Waals surface area contributed by atoms with Gasteiger partial charge in [-0.25, -0.2) is 16.8 Å². The predicted molar refractivity (Wildman–Crippen MR) is 206 cm³/mol. The van der Waals surface area contributed by atoms with E-state index in [2.05, 4.69) is 53.7 Å². The number of carbonyl (C=O) groups is 2. The quantitative estimate of drug-likeness (QED) is 0.0884. The van der Waals surface area contributed by atoms with E-state index in [4.69, 9.17) is 21.5 Å². The Morgan fingerprint density at radius 2 is 1.48 bits per heavy atom. The Morgan fingerprint density at radius 1 is 0.880 bits per heavy atom. The maximum Gasteiger partial charge on any atom is 0.322 e. The molecular weight excluding hydrogens is 878 g/mol. The molecule has 3 heterocycles. The number of hydrogen-bond acceptors (Lipinski definition) is 9. The van der Waals surface area contributed by atoms with Crippen LogP contribution in [0.15, 0.2) is 101 Å². The third-order valence-electron chi connectivity index (χ3n) is 6.99. The standard InChI is InChI=1S/C15H13BrN2O4S2.C12H13NO2.C4H2BrClO2S2.CH4/c16-13-5-6-14(23-13)24(21,22)18-12(15(19)20)7-9-8-17-11-4-2-1-3-10(9)11;13-11(12(14)15)7-9-6-5-8-3-1-2-4-10(8)9;5-3-1-2-4(9-3)10(6,7)8;/h1-6,8,12,17-18H,7H2,(H,19,20);1-4,6,11H,5,7,13H2,(H,14,15);1-2H;1H4/t12-;11-;;/m11../s1. The van der Waals surface area contributed by atoms with Crippen LogP contribution in [0.2, 0.25) is 0 Å². The first-order chi connectivity index (χ1) is 23.0. The molecule has 0 bridgehead atoms. The second kappa shape index (κ2) is 18.1. The highest BCUT2D eigenvalue weighted by atomic mass is 79.9. The minimum atomic E-state index is -3.89. The molecule has 11 nitrogen and oxygen atoms in total. The number of nitrogens with one attached hydrogen (secondary N) is 2.